The van der Waals surface area contributed by atoms with Gasteiger partial charge in [0, 0.05) is 23.4 Å². The fraction of sp³-hybridized carbons (Fsp3) is 0.0833. The molecule has 3 aromatic rings. The molecule has 0 saturated heterocycles. The molecule has 1 amide bonds. The topological polar surface area (TPSA) is 141 Å². The molecule has 0 radical (unpaired) electrons. The fourth-order valence-corrected chi connectivity index (χ4v) is 3.89. The summed E-state index contributed by atoms with van der Waals surface area (Å²) >= 11 is 0. The van der Waals surface area contributed by atoms with Crippen molar-refractivity contribution in [3.05, 3.63) is 111 Å². The summed E-state index contributed by atoms with van der Waals surface area (Å²) in [7, 11) is 0. The number of carboxylic acids is 1. The van der Waals surface area contributed by atoms with Crippen molar-refractivity contribution < 1.29 is 29.8 Å². The van der Waals surface area contributed by atoms with Gasteiger partial charge in [0.2, 0.25) is 0 Å². The largest absolute Gasteiger partial charge is 0.507 e. The minimum Gasteiger partial charge on any atom is -0.507 e. The molecule has 0 spiro atoms. The normalized spacial score (nSPS) is 15.7. The van der Waals surface area contributed by atoms with E-state index in [0.29, 0.717) is 11.1 Å². The van der Waals surface area contributed by atoms with Crippen LogP contribution >= 0.6 is 0 Å². The number of aliphatic hydroxyl groups excluding tert-OH is 1. The highest BCUT2D eigenvalue weighted by Crippen LogP contribution is 2.43. The van der Waals surface area contributed by atoms with E-state index in [1.165, 1.54) is 35.2 Å². The van der Waals surface area contributed by atoms with E-state index in [1.54, 1.807) is 0 Å². The van der Waals surface area contributed by atoms with Gasteiger partial charge >= 0.3 is 5.97 Å². The third kappa shape index (κ3) is 3.99. The number of aromatic hydroxyl groups is 1. The number of hydrogen-bond donors (Lipinski definition) is 3. The highest BCUT2D eigenvalue weighted by Gasteiger charge is 2.41. The number of carbonyl (C=O) groups is 2. The van der Waals surface area contributed by atoms with E-state index in [0.717, 1.165) is 17.7 Å². The number of aliphatic hydroxyl groups is 1. The van der Waals surface area contributed by atoms with Gasteiger partial charge in [0.15, 0.2) is 5.76 Å². The highest BCUT2D eigenvalue weighted by molar-refractivity contribution is 6.09. The lowest BCUT2D eigenvalue weighted by Gasteiger charge is -2.27. The van der Waals surface area contributed by atoms with Gasteiger partial charge in [-0.05, 0) is 47.9 Å². The van der Waals surface area contributed by atoms with E-state index in [-0.39, 0.29) is 17.8 Å². The van der Waals surface area contributed by atoms with E-state index in [9.17, 15) is 35.0 Å². The van der Waals surface area contributed by atoms with Gasteiger partial charge in [-0.3, -0.25) is 19.8 Å². The number of carboxylic acid groups (broad SMARTS) is 1. The molecule has 0 bridgehead atoms. The molecule has 0 aliphatic carbocycles. The van der Waals surface area contributed by atoms with Crippen molar-refractivity contribution >= 4 is 23.3 Å². The number of non-ortho nitro benzene ring substituents is 1. The summed E-state index contributed by atoms with van der Waals surface area (Å²) in [6, 6.07) is 17.6. The number of anilines is 1. The lowest BCUT2D eigenvalue weighted by atomic mass is 9.93. The van der Waals surface area contributed by atoms with Crippen molar-refractivity contribution in [2.45, 2.75) is 12.5 Å². The van der Waals surface area contributed by atoms with Crippen LogP contribution in [-0.4, -0.2) is 32.1 Å². The Balaban J connectivity index is 1.85. The minimum absolute atomic E-state index is 0.134. The van der Waals surface area contributed by atoms with E-state index < -0.39 is 39.9 Å². The second-order valence-corrected chi connectivity index (χ2v) is 7.47. The molecule has 4 rings (SSSR count). The second kappa shape index (κ2) is 8.46. The average Bonchev–Trinajstić information content (AvgIpc) is 3.05. The number of aromatic carboxylic acids is 1. The maximum atomic E-state index is 13.1. The predicted molar refractivity (Wildman–Crippen MR) is 118 cm³/mol. The smallest absolute Gasteiger partial charge is 0.339 e. The Morgan fingerprint density at radius 3 is 2.27 bits per heavy atom. The van der Waals surface area contributed by atoms with Crippen LogP contribution in [0.5, 0.6) is 5.75 Å². The highest BCUT2D eigenvalue weighted by atomic mass is 16.6. The number of amides is 1. The van der Waals surface area contributed by atoms with E-state index in [2.05, 4.69) is 0 Å². The third-order valence-corrected chi connectivity index (χ3v) is 5.46. The zero-order valence-electron chi connectivity index (χ0n) is 17.1. The first kappa shape index (κ1) is 21.6. The molecule has 1 heterocycles. The van der Waals surface area contributed by atoms with E-state index in [4.69, 9.17) is 0 Å². The fourth-order valence-electron chi connectivity index (χ4n) is 3.89. The van der Waals surface area contributed by atoms with E-state index >= 15 is 0 Å². The van der Waals surface area contributed by atoms with Crippen LogP contribution < -0.4 is 4.90 Å². The van der Waals surface area contributed by atoms with Gasteiger partial charge in [-0.2, -0.15) is 0 Å². The number of phenols is 1. The molecule has 9 nitrogen and oxygen atoms in total. The number of nitro groups is 1. The molecule has 3 aromatic carbocycles. The molecule has 33 heavy (non-hydrogen) atoms. The zero-order chi connectivity index (χ0) is 23.7. The summed E-state index contributed by atoms with van der Waals surface area (Å²) < 4.78 is 0. The molecule has 0 saturated carbocycles. The van der Waals surface area contributed by atoms with Crippen LogP contribution in [0.25, 0.3) is 0 Å². The predicted octanol–water partition coefficient (Wildman–Crippen LogP) is 4.14. The Morgan fingerprint density at radius 1 is 1.00 bits per heavy atom. The summed E-state index contributed by atoms with van der Waals surface area (Å²) in [6.07, 6.45) is 0.223. The van der Waals surface area contributed by atoms with Gasteiger partial charge in [0.1, 0.15) is 11.3 Å². The van der Waals surface area contributed by atoms with Gasteiger partial charge in [0.25, 0.3) is 11.6 Å². The monoisotopic (exact) mass is 446 g/mol. The van der Waals surface area contributed by atoms with Gasteiger partial charge < -0.3 is 15.3 Å². The van der Waals surface area contributed by atoms with Crippen LogP contribution in [-0.2, 0) is 11.2 Å². The molecule has 1 aliphatic heterocycles. The van der Waals surface area contributed by atoms with Crippen molar-refractivity contribution in [2.24, 2.45) is 0 Å². The quantitative estimate of drug-likeness (QED) is 0.382. The van der Waals surface area contributed by atoms with Crippen LogP contribution in [0.1, 0.15) is 27.5 Å². The van der Waals surface area contributed by atoms with Crippen molar-refractivity contribution in [3.8, 4) is 5.75 Å². The summed E-state index contributed by atoms with van der Waals surface area (Å²) in [5.74, 6) is -3.07. The molecule has 0 aromatic heterocycles. The number of nitro benzene ring substituents is 1. The van der Waals surface area contributed by atoms with Crippen LogP contribution in [0.2, 0.25) is 0 Å². The number of benzene rings is 3. The maximum Gasteiger partial charge on any atom is 0.339 e. The Hall–Kier alpha value is -4.66. The number of carbonyl (C=O) groups excluding carboxylic acids is 1. The van der Waals surface area contributed by atoms with Crippen molar-refractivity contribution in [1.82, 2.24) is 0 Å². The standard InChI is InChI=1S/C24H18N2O7/c27-20-11-10-17(13-18(20)24(30)31)25-21(15-6-8-16(9-7-15)26(32)33)19(22(28)23(25)29)12-14-4-2-1-3-5-14/h1-11,13,21,27-28H,12H2,(H,30,31)/t21-/m0/s1. The minimum atomic E-state index is -1.38. The number of nitrogens with zero attached hydrogens (tertiary/aromatic N) is 2. The first-order chi connectivity index (χ1) is 15.8. The molecule has 1 aliphatic rings. The third-order valence-electron chi connectivity index (χ3n) is 5.46. The summed E-state index contributed by atoms with van der Waals surface area (Å²) in [5.41, 5.74) is 1.30. The molecular formula is C24H18N2O7. The van der Waals surface area contributed by atoms with Gasteiger partial charge in [-0.25, -0.2) is 4.79 Å². The van der Waals surface area contributed by atoms with Crippen molar-refractivity contribution in [2.75, 3.05) is 4.90 Å². The van der Waals surface area contributed by atoms with Crippen LogP contribution in [0.4, 0.5) is 11.4 Å². The molecule has 1 atom stereocenters. The molecule has 0 unspecified atom stereocenters. The van der Waals surface area contributed by atoms with Crippen LogP contribution in [0, 0.1) is 10.1 Å². The molecule has 0 fully saturated rings. The Bertz CT molecular complexity index is 1280. The average molecular weight is 446 g/mol. The van der Waals surface area contributed by atoms with E-state index in [1.807, 2.05) is 30.3 Å². The Kier molecular flexibility index (Phi) is 5.53. The number of rotatable bonds is 6. The zero-order valence-corrected chi connectivity index (χ0v) is 17.1. The van der Waals surface area contributed by atoms with Crippen LogP contribution in [0.15, 0.2) is 84.1 Å². The van der Waals surface area contributed by atoms with Crippen molar-refractivity contribution in [1.29, 1.82) is 0 Å². The second-order valence-electron chi connectivity index (χ2n) is 7.47. The first-order valence-corrected chi connectivity index (χ1v) is 9.88. The van der Waals surface area contributed by atoms with Gasteiger partial charge in [-0.15, -0.1) is 0 Å². The molecule has 9 heteroatoms. The van der Waals surface area contributed by atoms with Gasteiger partial charge in [0.05, 0.1) is 11.0 Å². The van der Waals surface area contributed by atoms with Crippen LogP contribution in [0.3, 0.4) is 0 Å². The Morgan fingerprint density at radius 2 is 1.67 bits per heavy atom. The van der Waals surface area contributed by atoms with Crippen molar-refractivity contribution in [3.63, 3.8) is 0 Å². The lowest BCUT2D eigenvalue weighted by Crippen LogP contribution is -2.30. The molecule has 166 valence electrons. The molecular weight excluding hydrogens is 428 g/mol. The lowest BCUT2D eigenvalue weighted by molar-refractivity contribution is -0.384. The first-order valence-electron chi connectivity index (χ1n) is 9.88. The maximum absolute atomic E-state index is 13.1. The summed E-state index contributed by atoms with van der Waals surface area (Å²) in [6.45, 7) is 0. The summed E-state index contributed by atoms with van der Waals surface area (Å²) in [5, 5.41) is 41.1. The summed E-state index contributed by atoms with van der Waals surface area (Å²) in [4.78, 5) is 36.4. The Labute approximate surface area is 187 Å². The molecule has 3 N–H and O–H groups in total. The SMILES string of the molecule is O=C(O)c1cc(N2C(=O)C(O)=C(Cc3ccccc3)[C@@H]2c2ccc([N+](=O)[O-])cc2)ccc1O. The number of hydrogen-bond acceptors (Lipinski definition) is 6. The van der Waals surface area contributed by atoms with Gasteiger partial charge in [-0.1, -0.05) is 30.3 Å².